The minimum Gasteiger partial charge on any atom is -0.494 e. The molecular weight excluding hydrogens is 430 g/mol. The van der Waals surface area contributed by atoms with Crippen LogP contribution in [0.5, 0.6) is 11.5 Å². The van der Waals surface area contributed by atoms with E-state index in [1.165, 1.54) is 0 Å². The van der Waals surface area contributed by atoms with Crippen LogP contribution in [0.1, 0.15) is 17.5 Å². The van der Waals surface area contributed by atoms with Crippen molar-refractivity contribution >= 4 is 23.1 Å². The van der Waals surface area contributed by atoms with Crippen LogP contribution in [-0.4, -0.2) is 50.9 Å². The molecule has 32 heavy (non-hydrogen) atoms. The molecule has 7 heteroatoms. The molecule has 170 valence electrons. The van der Waals surface area contributed by atoms with Gasteiger partial charge in [0, 0.05) is 6.42 Å². The van der Waals surface area contributed by atoms with E-state index in [1.54, 1.807) is 0 Å². The van der Waals surface area contributed by atoms with Crippen molar-refractivity contribution in [3.8, 4) is 23.8 Å². The molecule has 0 radical (unpaired) electrons. The van der Waals surface area contributed by atoms with Gasteiger partial charge in [0.25, 0.3) is 0 Å². The summed E-state index contributed by atoms with van der Waals surface area (Å²) in [6.07, 6.45) is 5.34. The van der Waals surface area contributed by atoms with Gasteiger partial charge in [-0.15, -0.1) is 18.0 Å². The summed E-state index contributed by atoms with van der Waals surface area (Å²) in [5.41, 5.74) is 8.06. The van der Waals surface area contributed by atoms with Gasteiger partial charge in [0.1, 0.15) is 30.8 Å². The topological polar surface area (TPSA) is 80.0 Å². The number of esters is 1. The van der Waals surface area contributed by atoms with Crippen molar-refractivity contribution in [1.82, 2.24) is 0 Å². The van der Waals surface area contributed by atoms with Gasteiger partial charge in [0.05, 0.1) is 25.6 Å². The summed E-state index contributed by atoms with van der Waals surface area (Å²) in [6.45, 7) is 5.59. The van der Waals surface area contributed by atoms with Crippen LogP contribution in [-0.2, 0) is 14.3 Å². The Hall–Kier alpha value is -2.98. The normalized spacial score (nSPS) is 11.3. The number of alkyl halides is 1. The van der Waals surface area contributed by atoms with E-state index in [-0.39, 0.29) is 19.0 Å². The molecule has 0 spiro atoms. The monoisotopic (exact) mass is 457 g/mol. The Balaban J connectivity index is 1.84. The van der Waals surface area contributed by atoms with Crippen LogP contribution in [0, 0.1) is 12.3 Å². The average Bonchev–Trinajstić information content (AvgIpc) is 2.84. The van der Waals surface area contributed by atoms with Crippen molar-refractivity contribution in [3.63, 3.8) is 0 Å². The van der Waals surface area contributed by atoms with Crippen molar-refractivity contribution < 1.29 is 23.7 Å². The highest BCUT2D eigenvalue weighted by atomic mass is 35.5. The number of rotatable bonds is 14. The highest BCUT2D eigenvalue weighted by Gasteiger charge is 2.13. The largest absolute Gasteiger partial charge is 0.494 e. The number of ether oxygens (including phenoxy) is 4. The number of hydrogen-bond donors (Lipinski definition) is 1. The van der Waals surface area contributed by atoms with Crippen LogP contribution in [0.2, 0.25) is 0 Å². The zero-order chi connectivity index (χ0) is 23.2. The minimum absolute atomic E-state index is 0.125. The first-order valence-electron chi connectivity index (χ1n) is 10.2. The summed E-state index contributed by atoms with van der Waals surface area (Å²) in [5, 5.41) is 0. The SMILES string of the molecule is C#CCOCCCOc1ccc(C(=C)c2ccc(OCC(CCl)OC(=O)CN)cc2)cc1. The Morgan fingerprint density at radius 2 is 1.62 bits per heavy atom. The second-order valence-electron chi connectivity index (χ2n) is 6.77. The molecular formula is C25H28ClNO5. The number of carbonyl (C=O) groups excluding carboxylic acids is 1. The molecule has 0 aliphatic heterocycles. The molecule has 0 amide bonds. The predicted molar refractivity (Wildman–Crippen MR) is 126 cm³/mol. The molecule has 6 nitrogen and oxygen atoms in total. The number of benzene rings is 2. The van der Waals surface area contributed by atoms with Crippen LogP contribution in [0.15, 0.2) is 55.1 Å². The van der Waals surface area contributed by atoms with E-state index in [0.29, 0.717) is 25.6 Å². The molecule has 2 N–H and O–H groups in total. The van der Waals surface area contributed by atoms with E-state index in [2.05, 4.69) is 12.5 Å². The zero-order valence-electron chi connectivity index (χ0n) is 17.9. The van der Waals surface area contributed by atoms with Crippen LogP contribution in [0.3, 0.4) is 0 Å². The highest BCUT2D eigenvalue weighted by Crippen LogP contribution is 2.25. The van der Waals surface area contributed by atoms with Crippen molar-refractivity contribution in [3.05, 3.63) is 66.2 Å². The van der Waals surface area contributed by atoms with E-state index in [1.807, 2.05) is 48.5 Å². The summed E-state index contributed by atoms with van der Waals surface area (Å²) in [7, 11) is 0. The number of terminal acetylenes is 1. The van der Waals surface area contributed by atoms with Gasteiger partial charge in [-0.05, 0) is 41.0 Å². The standard InChI is InChI=1S/C25H28ClNO5/c1-3-13-29-14-4-15-30-22-9-5-20(6-10-22)19(2)21-7-11-23(12-8-21)31-18-24(16-26)32-25(28)17-27/h1,5-12,24H,2,4,13-18,27H2. The summed E-state index contributed by atoms with van der Waals surface area (Å²) >= 11 is 5.80. The van der Waals surface area contributed by atoms with Crippen molar-refractivity contribution in [2.45, 2.75) is 12.5 Å². The van der Waals surface area contributed by atoms with E-state index in [0.717, 1.165) is 28.9 Å². The van der Waals surface area contributed by atoms with Gasteiger partial charge in [0.15, 0.2) is 0 Å². The Bertz CT molecular complexity index is 890. The summed E-state index contributed by atoms with van der Waals surface area (Å²) in [6, 6.07) is 15.2. The van der Waals surface area contributed by atoms with Crippen LogP contribution < -0.4 is 15.2 Å². The first-order chi connectivity index (χ1) is 15.6. The quantitative estimate of drug-likeness (QED) is 0.202. The molecule has 0 saturated heterocycles. The third-order valence-corrected chi connectivity index (χ3v) is 4.71. The van der Waals surface area contributed by atoms with Gasteiger partial charge in [-0.2, -0.15) is 0 Å². The Morgan fingerprint density at radius 1 is 1.03 bits per heavy atom. The summed E-state index contributed by atoms with van der Waals surface area (Å²) in [5.74, 6) is 3.45. The lowest BCUT2D eigenvalue weighted by Gasteiger charge is -2.16. The number of nitrogens with two attached hydrogens (primary N) is 1. The molecule has 0 aliphatic rings. The maximum atomic E-state index is 11.3. The predicted octanol–water partition coefficient (Wildman–Crippen LogP) is 3.65. The first-order valence-corrected chi connectivity index (χ1v) is 10.7. The van der Waals surface area contributed by atoms with E-state index < -0.39 is 12.1 Å². The first kappa shape index (κ1) is 25.3. The number of hydrogen-bond acceptors (Lipinski definition) is 6. The molecule has 1 unspecified atom stereocenters. The van der Waals surface area contributed by atoms with E-state index >= 15 is 0 Å². The Labute approximate surface area is 194 Å². The van der Waals surface area contributed by atoms with Gasteiger partial charge >= 0.3 is 5.97 Å². The van der Waals surface area contributed by atoms with Crippen LogP contribution >= 0.6 is 11.6 Å². The number of carbonyl (C=O) groups is 1. The lowest BCUT2D eigenvalue weighted by molar-refractivity contribution is -0.147. The van der Waals surface area contributed by atoms with Crippen LogP contribution in [0.25, 0.3) is 5.57 Å². The van der Waals surface area contributed by atoms with Gasteiger partial charge in [-0.3, -0.25) is 4.79 Å². The third kappa shape index (κ3) is 8.64. The van der Waals surface area contributed by atoms with E-state index in [4.69, 9.17) is 42.7 Å². The van der Waals surface area contributed by atoms with Crippen LogP contribution in [0.4, 0.5) is 0 Å². The fraction of sp³-hybridized carbons (Fsp3) is 0.320. The molecule has 0 aromatic heterocycles. The Kier molecular flexibility index (Phi) is 11.2. The lowest BCUT2D eigenvalue weighted by Crippen LogP contribution is -2.29. The Morgan fingerprint density at radius 3 is 2.16 bits per heavy atom. The molecule has 2 aromatic rings. The summed E-state index contributed by atoms with van der Waals surface area (Å²) in [4.78, 5) is 11.3. The fourth-order valence-electron chi connectivity index (χ4n) is 2.69. The lowest BCUT2D eigenvalue weighted by atomic mass is 9.99. The molecule has 0 aliphatic carbocycles. The third-order valence-electron chi connectivity index (χ3n) is 4.37. The smallest absolute Gasteiger partial charge is 0.320 e. The van der Waals surface area contributed by atoms with Crippen molar-refractivity contribution in [2.24, 2.45) is 5.73 Å². The molecule has 0 heterocycles. The molecule has 0 fully saturated rings. The fourth-order valence-corrected chi connectivity index (χ4v) is 2.84. The van der Waals surface area contributed by atoms with E-state index in [9.17, 15) is 4.79 Å². The number of halogens is 1. The molecule has 2 rings (SSSR count). The maximum Gasteiger partial charge on any atom is 0.320 e. The highest BCUT2D eigenvalue weighted by molar-refractivity contribution is 6.18. The second kappa shape index (κ2) is 14.2. The van der Waals surface area contributed by atoms with Crippen molar-refractivity contribution in [2.75, 3.05) is 38.9 Å². The van der Waals surface area contributed by atoms with Gasteiger partial charge < -0.3 is 24.7 Å². The van der Waals surface area contributed by atoms with Gasteiger partial charge in [-0.25, -0.2) is 0 Å². The molecule has 0 saturated carbocycles. The average molecular weight is 458 g/mol. The van der Waals surface area contributed by atoms with Gasteiger partial charge in [-0.1, -0.05) is 36.8 Å². The summed E-state index contributed by atoms with van der Waals surface area (Å²) < 4.78 is 21.7. The second-order valence-corrected chi connectivity index (χ2v) is 7.08. The maximum absolute atomic E-state index is 11.3. The zero-order valence-corrected chi connectivity index (χ0v) is 18.7. The van der Waals surface area contributed by atoms with Gasteiger partial charge in [0.2, 0.25) is 0 Å². The molecule has 0 bridgehead atoms. The van der Waals surface area contributed by atoms with Crippen molar-refractivity contribution in [1.29, 1.82) is 0 Å². The molecule has 2 aromatic carbocycles. The molecule has 1 atom stereocenters. The minimum atomic E-state index is -0.557.